The van der Waals surface area contributed by atoms with E-state index in [1.165, 1.54) is 0 Å². The number of rotatable bonds is 4. The van der Waals surface area contributed by atoms with E-state index >= 15 is 0 Å². The second kappa shape index (κ2) is 7.77. The van der Waals surface area contributed by atoms with E-state index in [0.29, 0.717) is 11.5 Å². The van der Waals surface area contributed by atoms with Crippen molar-refractivity contribution in [3.63, 3.8) is 0 Å². The van der Waals surface area contributed by atoms with Crippen LogP contribution < -0.4 is 27.3 Å². The van der Waals surface area contributed by atoms with Crippen LogP contribution >= 0.6 is 15.9 Å². The first kappa shape index (κ1) is 18.4. The Bertz CT molecular complexity index is 860. The Hall–Kier alpha value is -1.92. The summed E-state index contributed by atoms with van der Waals surface area (Å²) < 4.78 is 4.67. The van der Waals surface area contributed by atoms with E-state index in [0.717, 1.165) is 15.7 Å². The zero-order valence-corrected chi connectivity index (χ0v) is 16.3. The molecule has 0 atom stereocenters. The number of Topliss-reactive ketones (excluding diaryl/α,β-unsaturated/α-hetero) is 1. The molecule has 0 unspecified atom stereocenters. The van der Waals surface area contributed by atoms with Gasteiger partial charge in [0.15, 0.2) is 5.78 Å². The minimum Gasteiger partial charge on any atom is -1.00 e. The van der Waals surface area contributed by atoms with Crippen LogP contribution in [0, 0.1) is 0 Å². The molecule has 0 radical (unpaired) electrons. The summed E-state index contributed by atoms with van der Waals surface area (Å²) in [5.74, 6) is 0.581. The third kappa shape index (κ3) is 3.76. The Morgan fingerprint density at radius 3 is 2.54 bits per heavy atom. The molecule has 0 saturated carbocycles. The predicted molar refractivity (Wildman–Crippen MR) is 93.9 cm³/mol. The molecule has 4 nitrogen and oxygen atoms in total. The lowest BCUT2D eigenvalue weighted by atomic mass is 10.1. The third-order valence-electron chi connectivity index (χ3n) is 3.81. The summed E-state index contributed by atoms with van der Waals surface area (Å²) in [6.07, 6.45) is 1.91. The number of nitrogen functional groups attached to an aromatic ring is 1. The van der Waals surface area contributed by atoms with Gasteiger partial charge in [-0.2, -0.15) is 0 Å². The highest BCUT2D eigenvalue weighted by Crippen LogP contribution is 2.23. The van der Waals surface area contributed by atoms with Gasteiger partial charge in [-0.15, -0.1) is 0 Å². The van der Waals surface area contributed by atoms with Gasteiger partial charge in [0.1, 0.15) is 18.4 Å². The topological polar surface area (TPSA) is 51.9 Å². The molecule has 3 aromatic rings. The summed E-state index contributed by atoms with van der Waals surface area (Å²) in [6, 6.07) is 17.2. The number of hydrogen-bond donors (Lipinski definition) is 1. The van der Waals surface area contributed by atoms with Crippen molar-refractivity contribution in [1.82, 2.24) is 4.57 Å². The average Bonchev–Trinajstić information content (AvgIpc) is 2.84. The molecule has 24 heavy (non-hydrogen) atoms. The summed E-state index contributed by atoms with van der Waals surface area (Å²) in [5.41, 5.74) is 8.86. The number of carbonyl (C=O) groups is 1. The normalized spacial score (nSPS) is 10.2. The maximum atomic E-state index is 12.4. The molecule has 0 fully saturated rings. The fraction of sp³-hybridized carbons (Fsp3) is 0.111. The van der Waals surface area contributed by atoms with Crippen molar-refractivity contribution in [3.8, 4) is 11.3 Å². The van der Waals surface area contributed by atoms with Crippen LogP contribution in [0.3, 0.4) is 0 Å². The molecule has 1 heterocycles. The number of nitrogens with two attached hydrogens (primary N) is 1. The van der Waals surface area contributed by atoms with Gasteiger partial charge in [-0.1, -0.05) is 58.4 Å². The molecule has 0 bridgehead atoms. The summed E-state index contributed by atoms with van der Waals surface area (Å²) in [7, 11) is 1.90. The zero-order valence-electron chi connectivity index (χ0n) is 13.1. The van der Waals surface area contributed by atoms with Crippen molar-refractivity contribution in [2.45, 2.75) is 6.54 Å². The smallest absolute Gasteiger partial charge is 0.355 e. The molecule has 1 aromatic heterocycles. The Morgan fingerprint density at radius 2 is 1.88 bits per heavy atom. The first-order chi connectivity index (χ1) is 11.1. The highest BCUT2D eigenvalue weighted by atomic mass is 79.9. The Balaban J connectivity index is 0.00000208. The molecule has 0 aliphatic heterocycles. The number of benzene rings is 2. The van der Waals surface area contributed by atoms with Crippen LogP contribution in [0.5, 0.6) is 0 Å². The van der Waals surface area contributed by atoms with Crippen LogP contribution in [0.25, 0.3) is 11.3 Å². The zero-order chi connectivity index (χ0) is 16.4. The van der Waals surface area contributed by atoms with E-state index in [1.54, 1.807) is 4.57 Å². The second-order valence-electron chi connectivity index (χ2n) is 5.36. The molecular weight excluding hydrogens is 434 g/mol. The number of halogens is 2. The molecular formula is C18H17Br2N3O. The van der Waals surface area contributed by atoms with Crippen molar-refractivity contribution < 1.29 is 26.3 Å². The van der Waals surface area contributed by atoms with Crippen LogP contribution in [0.4, 0.5) is 5.95 Å². The second-order valence-corrected chi connectivity index (χ2v) is 6.27. The number of aromatic nitrogens is 2. The fourth-order valence-electron chi connectivity index (χ4n) is 2.53. The first-order valence-corrected chi connectivity index (χ1v) is 8.04. The van der Waals surface area contributed by atoms with E-state index in [2.05, 4.69) is 15.9 Å². The number of ketones is 1. The Labute approximate surface area is 159 Å². The molecule has 0 amide bonds. The summed E-state index contributed by atoms with van der Waals surface area (Å²) in [4.78, 5) is 12.4. The first-order valence-electron chi connectivity index (χ1n) is 7.25. The van der Waals surface area contributed by atoms with Gasteiger partial charge in [-0.25, -0.2) is 9.13 Å². The Kier molecular flexibility index (Phi) is 5.96. The minimum absolute atomic E-state index is 0. The molecule has 3 rings (SSSR count). The fourth-order valence-corrected chi connectivity index (χ4v) is 2.93. The van der Waals surface area contributed by atoms with Crippen LogP contribution in [-0.4, -0.2) is 10.4 Å². The number of hydrogen-bond acceptors (Lipinski definition) is 2. The van der Waals surface area contributed by atoms with E-state index in [1.807, 2.05) is 72.4 Å². The van der Waals surface area contributed by atoms with Crippen LogP contribution in [0.15, 0.2) is 65.3 Å². The lowest BCUT2D eigenvalue weighted by Gasteiger charge is -2.00. The molecule has 0 aliphatic carbocycles. The molecule has 0 saturated heterocycles. The van der Waals surface area contributed by atoms with Gasteiger partial charge in [0.05, 0.1) is 7.05 Å². The lowest BCUT2D eigenvalue weighted by molar-refractivity contribution is -0.667. The number of anilines is 1. The number of nitrogens with zero attached hydrogens (tertiary/aromatic N) is 2. The third-order valence-corrected chi connectivity index (χ3v) is 4.30. The van der Waals surface area contributed by atoms with Gasteiger partial charge in [-0.05, 0) is 12.1 Å². The molecule has 6 heteroatoms. The van der Waals surface area contributed by atoms with Crippen LogP contribution in [0.1, 0.15) is 10.4 Å². The van der Waals surface area contributed by atoms with Gasteiger partial charge in [0.2, 0.25) is 0 Å². The molecule has 0 aliphatic rings. The van der Waals surface area contributed by atoms with Gasteiger partial charge in [0, 0.05) is 15.6 Å². The Morgan fingerprint density at radius 1 is 1.17 bits per heavy atom. The van der Waals surface area contributed by atoms with E-state index in [-0.39, 0.29) is 29.3 Å². The van der Waals surface area contributed by atoms with Crippen LogP contribution in [-0.2, 0) is 13.6 Å². The van der Waals surface area contributed by atoms with Gasteiger partial charge in [0.25, 0.3) is 0 Å². The minimum atomic E-state index is 0. The monoisotopic (exact) mass is 449 g/mol. The SMILES string of the molecule is Cn1c(-c2cccc(Br)c2)c[n+](CC(=O)c2ccccc2)c1N.[Br-]. The highest BCUT2D eigenvalue weighted by molar-refractivity contribution is 9.10. The maximum absolute atomic E-state index is 12.4. The molecule has 2 aromatic carbocycles. The largest absolute Gasteiger partial charge is 1.00 e. The molecule has 0 spiro atoms. The van der Waals surface area contributed by atoms with Crippen molar-refractivity contribution >= 4 is 27.7 Å². The van der Waals surface area contributed by atoms with Crippen molar-refractivity contribution in [1.29, 1.82) is 0 Å². The van der Waals surface area contributed by atoms with Crippen molar-refractivity contribution in [2.24, 2.45) is 7.05 Å². The van der Waals surface area contributed by atoms with Crippen LogP contribution in [0.2, 0.25) is 0 Å². The number of carbonyl (C=O) groups excluding carboxylic acids is 1. The average molecular weight is 451 g/mol. The van der Waals surface area contributed by atoms with E-state index < -0.39 is 0 Å². The van der Waals surface area contributed by atoms with Gasteiger partial charge in [-0.3, -0.25) is 10.5 Å². The van der Waals surface area contributed by atoms with Gasteiger partial charge >= 0.3 is 5.95 Å². The number of imidazole rings is 1. The van der Waals surface area contributed by atoms with Crippen molar-refractivity contribution in [2.75, 3.05) is 5.73 Å². The maximum Gasteiger partial charge on any atom is 0.355 e. The van der Waals surface area contributed by atoms with E-state index in [4.69, 9.17) is 5.73 Å². The summed E-state index contributed by atoms with van der Waals surface area (Å²) >= 11 is 3.48. The lowest BCUT2D eigenvalue weighted by Crippen LogP contribution is -3.00. The quantitative estimate of drug-likeness (QED) is 0.456. The predicted octanol–water partition coefficient (Wildman–Crippen LogP) is 0.211. The summed E-state index contributed by atoms with van der Waals surface area (Å²) in [5, 5.41) is 0. The molecule has 124 valence electrons. The van der Waals surface area contributed by atoms with Crippen molar-refractivity contribution in [3.05, 3.63) is 70.8 Å². The summed E-state index contributed by atoms with van der Waals surface area (Å²) in [6.45, 7) is 0.220. The standard InChI is InChI=1S/C18H16BrN3O.BrH/c1-21-16(14-8-5-9-15(19)10-14)11-22(18(21)20)12-17(23)13-6-3-2-4-7-13;/h2-11,20H,12H2,1H3;1H. The molecule has 2 N–H and O–H groups in total. The van der Waals surface area contributed by atoms with Gasteiger partial charge < -0.3 is 17.0 Å². The highest BCUT2D eigenvalue weighted by Gasteiger charge is 2.20. The van der Waals surface area contributed by atoms with E-state index in [9.17, 15) is 4.79 Å².